The second kappa shape index (κ2) is 9.21. The zero-order valence-corrected chi connectivity index (χ0v) is 16.1. The van der Waals surface area contributed by atoms with E-state index in [0.717, 1.165) is 62.8 Å². The Kier molecular flexibility index (Phi) is 6.72. The van der Waals surface area contributed by atoms with E-state index in [-0.39, 0.29) is 5.60 Å². The molecule has 2 fully saturated rings. The van der Waals surface area contributed by atoms with Crippen molar-refractivity contribution in [2.24, 2.45) is 4.99 Å². The zero-order valence-electron chi connectivity index (χ0n) is 16.1. The number of hydrogen-bond donors (Lipinski definition) is 2. The normalized spacial score (nSPS) is 24.0. The molecule has 6 nitrogen and oxygen atoms in total. The molecule has 1 aromatic heterocycles. The molecule has 6 heteroatoms. The molecule has 144 valence electrons. The van der Waals surface area contributed by atoms with Crippen LogP contribution in [0.25, 0.3) is 0 Å². The number of nitrogens with zero attached hydrogens (tertiary/aromatic N) is 2. The van der Waals surface area contributed by atoms with Crippen LogP contribution in [0.1, 0.15) is 57.9 Å². The van der Waals surface area contributed by atoms with Gasteiger partial charge in [-0.2, -0.15) is 0 Å². The molecule has 3 rings (SSSR count). The third kappa shape index (κ3) is 5.34. The molecule has 1 aliphatic heterocycles. The number of rotatable bonds is 7. The van der Waals surface area contributed by atoms with Gasteiger partial charge in [-0.1, -0.05) is 6.07 Å². The predicted octanol–water partition coefficient (Wildman–Crippen LogP) is 3.03. The van der Waals surface area contributed by atoms with Crippen LogP contribution in [0.15, 0.2) is 23.3 Å². The van der Waals surface area contributed by atoms with Crippen molar-refractivity contribution >= 4 is 5.96 Å². The van der Waals surface area contributed by atoms with E-state index in [0.29, 0.717) is 12.6 Å². The first-order valence-corrected chi connectivity index (χ1v) is 9.95. The molecule has 0 bridgehead atoms. The average molecular weight is 361 g/mol. The lowest BCUT2D eigenvalue weighted by Gasteiger charge is -2.24. The summed E-state index contributed by atoms with van der Waals surface area (Å²) in [4.78, 5) is 9.16. The summed E-state index contributed by atoms with van der Waals surface area (Å²) in [5, 5.41) is 6.73. The van der Waals surface area contributed by atoms with E-state index in [2.05, 4.69) is 29.5 Å². The summed E-state index contributed by atoms with van der Waals surface area (Å²) in [5.41, 5.74) is 0.932. The third-order valence-electron chi connectivity index (χ3n) is 5.11. The Morgan fingerprint density at radius 2 is 2.19 bits per heavy atom. The van der Waals surface area contributed by atoms with Crippen LogP contribution in [0.3, 0.4) is 0 Å². The van der Waals surface area contributed by atoms with Crippen LogP contribution >= 0.6 is 0 Å². The van der Waals surface area contributed by atoms with Crippen LogP contribution < -0.4 is 15.4 Å². The van der Waals surface area contributed by atoms with Crippen LogP contribution in [-0.2, 0) is 11.3 Å². The Morgan fingerprint density at radius 3 is 2.92 bits per heavy atom. The maximum absolute atomic E-state index is 6.11. The number of aromatic nitrogens is 1. The van der Waals surface area contributed by atoms with Crippen LogP contribution in [0.4, 0.5) is 0 Å². The molecule has 0 spiro atoms. The molecule has 1 aliphatic carbocycles. The Labute approximate surface area is 156 Å². The first-order valence-electron chi connectivity index (χ1n) is 9.95. The van der Waals surface area contributed by atoms with Crippen LogP contribution in [0.2, 0.25) is 0 Å². The van der Waals surface area contributed by atoms with Gasteiger partial charge in [0.25, 0.3) is 0 Å². The Morgan fingerprint density at radius 1 is 1.35 bits per heavy atom. The molecule has 1 aromatic rings. The zero-order chi connectivity index (χ0) is 18.2. The molecule has 2 N–H and O–H groups in total. The molecule has 1 atom stereocenters. The monoisotopic (exact) mass is 360 g/mol. The van der Waals surface area contributed by atoms with Gasteiger partial charge < -0.3 is 20.1 Å². The topological polar surface area (TPSA) is 67.8 Å². The lowest BCUT2D eigenvalue weighted by atomic mass is 10.0. The van der Waals surface area contributed by atoms with Crippen molar-refractivity contribution in [3.8, 4) is 5.88 Å². The third-order valence-corrected chi connectivity index (χ3v) is 5.11. The maximum Gasteiger partial charge on any atom is 0.218 e. The fourth-order valence-corrected chi connectivity index (χ4v) is 3.57. The van der Waals surface area contributed by atoms with Gasteiger partial charge in [0.15, 0.2) is 5.96 Å². The second-order valence-electron chi connectivity index (χ2n) is 7.44. The van der Waals surface area contributed by atoms with Crippen molar-refractivity contribution in [2.45, 2.75) is 70.6 Å². The smallest absolute Gasteiger partial charge is 0.218 e. The van der Waals surface area contributed by atoms with Crippen molar-refractivity contribution in [1.29, 1.82) is 0 Å². The molecule has 26 heavy (non-hydrogen) atoms. The Hall–Kier alpha value is -1.82. The highest BCUT2D eigenvalue weighted by molar-refractivity contribution is 5.79. The lowest BCUT2D eigenvalue weighted by Crippen LogP contribution is -2.45. The van der Waals surface area contributed by atoms with E-state index in [9.17, 15) is 0 Å². The summed E-state index contributed by atoms with van der Waals surface area (Å²) < 4.78 is 12.0. The molecule has 1 saturated heterocycles. The summed E-state index contributed by atoms with van der Waals surface area (Å²) >= 11 is 0. The first kappa shape index (κ1) is 19.0. The fraction of sp³-hybridized carbons (Fsp3) is 0.700. The van der Waals surface area contributed by atoms with E-state index in [1.807, 2.05) is 12.1 Å². The first-order chi connectivity index (χ1) is 12.7. The van der Waals surface area contributed by atoms with Gasteiger partial charge in [0.05, 0.1) is 12.1 Å². The van der Waals surface area contributed by atoms with E-state index in [1.54, 1.807) is 6.20 Å². The van der Waals surface area contributed by atoms with Crippen molar-refractivity contribution in [1.82, 2.24) is 15.6 Å². The Balaban J connectivity index is 1.61. The van der Waals surface area contributed by atoms with E-state index in [4.69, 9.17) is 14.5 Å². The highest BCUT2D eigenvalue weighted by Crippen LogP contribution is 2.26. The minimum Gasteiger partial charge on any atom is -0.474 e. The summed E-state index contributed by atoms with van der Waals surface area (Å²) in [6.45, 7) is 7.21. The minimum atomic E-state index is -0.0960. The van der Waals surface area contributed by atoms with Gasteiger partial charge in [-0.15, -0.1) is 0 Å². The van der Waals surface area contributed by atoms with Gasteiger partial charge in [-0.25, -0.2) is 9.98 Å². The summed E-state index contributed by atoms with van der Waals surface area (Å²) in [6.07, 6.45) is 9.06. The molecular formula is C20H32N4O2. The SMILES string of the molecule is CCNC(=NCc1cccnc1OC1CCCC1)NCC1(C)CCCO1. The Bertz CT molecular complexity index is 593. The number of guanidine groups is 1. The second-order valence-corrected chi connectivity index (χ2v) is 7.44. The van der Waals surface area contributed by atoms with Gasteiger partial charge in [-0.3, -0.25) is 0 Å². The molecule has 2 heterocycles. The van der Waals surface area contributed by atoms with Crippen LogP contribution in [0.5, 0.6) is 5.88 Å². The summed E-state index contributed by atoms with van der Waals surface area (Å²) in [5.74, 6) is 1.53. The number of aliphatic imine (C=N–C) groups is 1. The standard InChI is InChI=1S/C20H32N4O2/c1-3-21-19(24-15-20(2)11-7-13-25-20)23-14-16-8-6-12-22-18(16)26-17-9-4-5-10-17/h6,8,12,17H,3-5,7,9-11,13-15H2,1-2H3,(H2,21,23,24). The van der Waals surface area contributed by atoms with Crippen LogP contribution in [-0.4, -0.2) is 42.3 Å². The van der Waals surface area contributed by atoms with Gasteiger partial charge in [0.1, 0.15) is 6.10 Å². The average Bonchev–Trinajstić information content (AvgIpc) is 3.31. The number of nitrogens with one attached hydrogen (secondary N) is 2. The number of ether oxygens (including phenoxy) is 2. The van der Waals surface area contributed by atoms with E-state index in [1.165, 1.54) is 12.8 Å². The molecule has 0 radical (unpaired) electrons. The number of pyridine rings is 1. The van der Waals surface area contributed by atoms with Crippen molar-refractivity contribution in [3.63, 3.8) is 0 Å². The quantitative estimate of drug-likeness (QED) is 0.578. The van der Waals surface area contributed by atoms with Gasteiger partial charge in [-0.05, 0) is 58.4 Å². The molecular weight excluding hydrogens is 328 g/mol. The highest BCUT2D eigenvalue weighted by atomic mass is 16.5. The van der Waals surface area contributed by atoms with Gasteiger partial charge in [0, 0.05) is 31.5 Å². The molecule has 1 unspecified atom stereocenters. The summed E-state index contributed by atoms with van der Waals surface area (Å²) in [7, 11) is 0. The van der Waals surface area contributed by atoms with Crippen molar-refractivity contribution in [2.75, 3.05) is 19.7 Å². The lowest BCUT2D eigenvalue weighted by molar-refractivity contribution is 0.0243. The molecule has 0 amide bonds. The minimum absolute atomic E-state index is 0.0960. The number of hydrogen-bond acceptors (Lipinski definition) is 4. The van der Waals surface area contributed by atoms with Gasteiger partial charge in [0.2, 0.25) is 5.88 Å². The van der Waals surface area contributed by atoms with Gasteiger partial charge >= 0.3 is 0 Å². The fourth-order valence-electron chi connectivity index (χ4n) is 3.57. The molecule has 1 saturated carbocycles. The largest absolute Gasteiger partial charge is 0.474 e. The van der Waals surface area contributed by atoms with Crippen molar-refractivity contribution in [3.05, 3.63) is 23.9 Å². The maximum atomic E-state index is 6.11. The predicted molar refractivity (Wildman–Crippen MR) is 104 cm³/mol. The summed E-state index contributed by atoms with van der Waals surface area (Å²) in [6, 6.07) is 3.99. The highest BCUT2D eigenvalue weighted by Gasteiger charge is 2.29. The van der Waals surface area contributed by atoms with E-state index >= 15 is 0 Å². The molecule has 0 aromatic carbocycles. The van der Waals surface area contributed by atoms with Crippen molar-refractivity contribution < 1.29 is 9.47 Å². The molecule has 2 aliphatic rings. The van der Waals surface area contributed by atoms with Crippen LogP contribution in [0, 0.1) is 0 Å². The van der Waals surface area contributed by atoms with E-state index < -0.39 is 0 Å².